The van der Waals surface area contributed by atoms with E-state index in [1.165, 1.54) is 0 Å². The summed E-state index contributed by atoms with van der Waals surface area (Å²) in [4.78, 5) is 40.2. The van der Waals surface area contributed by atoms with Crippen molar-refractivity contribution >= 4 is 17.3 Å². The summed E-state index contributed by atoms with van der Waals surface area (Å²) in [6.07, 6.45) is 1.56. The Morgan fingerprint density at radius 1 is 1.23 bits per heavy atom. The van der Waals surface area contributed by atoms with Crippen LogP contribution in [-0.2, 0) is 14.3 Å². The van der Waals surface area contributed by atoms with Crippen molar-refractivity contribution in [1.29, 1.82) is 0 Å². The number of anilines is 2. The number of rotatable bonds is 7. The van der Waals surface area contributed by atoms with Crippen molar-refractivity contribution in [2.24, 2.45) is 5.92 Å². The Morgan fingerprint density at radius 2 is 2.00 bits per heavy atom. The Bertz CT molecular complexity index is 691. The minimum absolute atomic E-state index is 0.224. The number of hydrogen-bond donors (Lipinski definition) is 1. The SMILES string of the molecule is CCOC(=O)[C@H]1CCCN(c2c(NCCN3CCOCC3)c(=O)c2=O)C1. The van der Waals surface area contributed by atoms with Crippen molar-refractivity contribution < 1.29 is 14.3 Å². The molecule has 1 N–H and O–H groups in total. The first-order chi connectivity index (χ1) is 12.6. The average molecular weight is 365 g/mol. The molecule has 0 radical (unpaired) electrons. The zero-order valence-electron chi connectivity index (χ0n) is 15.3. The predicted octanol–water partition coefficient (Wildman–Crippen LogP) is -0.194. The highest BCUT2D eigenvalue weighted by Gasteiger charge is 2.32. The average Bonchev–Trinajstić information content (AvgIpc) is 2.68. The van der Waals surface area contributed by atoms with E-state index in [0.29, 0.717) is 37.6 Å². The van der Waals surface area contributed by atoms with Crippen LogP contribution in [0.2, 0.25) is 0 Å². The van der Waals surface area contributed by atoms with Crippen LogP contribution < -0.4 is 21.1 Å². The Balaban J connectivity index is 1.59. The lowest BCUT2D eigenvalue weighted by molar-refractivity contribution is -0.148. The molecule has 144 valence electrons. The van der Waals surface area contributed by atoms with Crippen molar-refractivity contribution in [2.75, 3.05) is 69.3 Å². The van der Waals surface area contributed by atoms with Crippen LogP contribution in [0.25, 0.3) is 0 Å². The molecule has 2 saturated heterocycles. The first kappa shape index (κ1) is 18.8. The topological polar surface area (TPSA) is 88.2 Å². The number of nitrogens with one attached hydrogen (secondary N) is 1. The molecule has 0 aliphatic carbocycles. The lowest BCUT2D eigenvalue weighted by Gasteiger charge is -2.34. The molecular weight excluding hydrogens is 338 g/mol. The predicted molar refractivity (Wildman–Crippen MR) is 98.7 cm³/mol. The third kappa shape index (κ3) is 4.07. The number of ether oxygens (including phenoxy) is 2. The van der Waals surface area contributed by atoms with Crippen LogP contribution in [0.4, 0.5) is 11.4 Å². The van der Waals surface area contributed by atoms with E-state index in [4.69, 9.17) is 9.47 Å². The minimum atomic E-state index is -0.458. The summed E-state index contributed by atoms with van der Waals surface area (Å²) in [6.45, 7) is 7.88. The van der Waals surface area contributed by atoms with Gasteiger partial charge in [0.05, 0.1) is 25.7 Å². The maximum atomic E-state index is 12.1. The lowest BCUT2D eigenvalue weighted by atomic mass is 9.96. The zero-order chi connectivity index (χ0) is 18.5. The normalized spacial score (nSPS) is 21.7. The fourth-order valence-corrected chi connectivity index (χ4v) is 3.64. The Hall–Kier alpha value is -1.93. The maximum Gasteiger partial charge on any atom is 0.310 e. The Morgan fingerprint density at radius 3 is 2.73 bits per heavy atom. The molecule has 2 aliphatic heterocycles. The van der Waals surface area contributed by atoms with Crippen LogP contribution in [0.5, 0.6) is 0 Å². The number of esters is 1. The second-order valence-corrected chi connectivity index (χ2v) is 6.80. The van der Waals surface area contributed by atoms with Crippen LogP contribution in [0.3, 0.4) is 0 Å². The number of morpholine rings is 1. The second kappa shape index (κ2) is 8.64. The molecule has 1 aromatic rings. The molecule has 0 unspecified atom stereocenters. The summed E-state index contributed by atoms with van der Waals surface area (Å²) < 4.78 is 10.4. The van der Waals surface area contributed by atoms with Gasteiger partial charge in [0, 0.05) is 39.3 Å². The van der Waals surface area contributed by atoms with E-state index >= 15 is 0 Å². The fourth-order valence-electron chi connectivity index (χ4n) is 3.64. The van der Waals surface area contributed by atoms with Crippen LogP contribution in [-0.4, -0.2) is 70.0 Å². The van der Waals surface area contributed by atoms with E-state index in [-0.39, 0.29) is 11.9 Å². The van der Waals surface area contributed by atoms with Gasteiger partial charge in [-0.2, -0.15) is 0 Å². The van der Waals surface area contributed by atoms with Crippen LogP contribution in [0, 0.1) is 5.92 Å². The third-order valence-electron chi connectivity index (χ3n) is 5.08. The van der Waals surface area contributed by atoms with Gasteiger partial charge >= 0.3 is 5.97 Å². The molecule has 0 aromatic heterocycles. The summed E-state index contributed by atoms with van der Waals surface area (Å²) in [7, 11) is 0. The van der Waals surface area contributed by atoms with E-state index in [0.717, 1.165) is 45.7 Å². The number of hydrogen-bond acceptors (Lipinski definition) is 8. The maximum absolute atomic E-state index is 12.1. The summed E-state index contributed by atoms with van der Waals surface area (Å²) in [5, 5.41) is 3.13. The molecule has 0 saturated carbocycles. The Labute approximate surface area is 152 Å². The van der Waals surface area contributed by atoms with Gasteiger partial charge in [0.15, 0.2) is 0 Å². The van der Waals surface area contributed by atoms with Crippen molar-refractivity contribution in [3.8, 4) is 0 Å². The molecule has 3 rings (SSSR count). The van der Waals surface area contributed by atoms with Gasteiger partial charge in [0.25, 0.3) is 10.9 Å². The number of carbonyl (C=O) groups excluding carboxylic acids is 1. The lowest BCUT2D eigenvalue weighted by Crippen LogP contribution is -2.48. The molecule has 8 nitrogen and oxygen atoms in total. The molecule has 2 fully saturated rings. The smallest absolute Gasteiger partial charge is 0.310 e. The quantitative estimate of drug-likeness (QED) is 0.525. The van der Waals surface area contributed by atoms with E-state index in [1.54, 1.807) is 6.92 Å². The summed E-state index contributed by atoms with van der Waals surface area (Å²) in [6, 6.07) is 0. The van der Waals surface area contributed by atoms with Gasteiger partial charge in [-0.15, -0.1) is 0 Å². The van der Waals surface area contributed by atoms with Crippen LogP contribution in [0.15, 0.2) is 9.59 Å². The second-order valence-electron chi connectivity index (χ2n) is 6.80. The molecule has 1 atom stereocenters. The van der Waals surface area contributed by atoms with Crippen LogP contribution in [0.1, 0.15) is 19.8 Å². The molecule has 8 heteroatoms. The van der Waals surface area contributed by atoms with Crippen molar-refractivity contribution in [2.45, 2.75) is 19.8 Å². The zero-order valence-corrected chi connectivity index (χ0v) is 15.3. The van der Waals surface area contributed by atoms with Gasteiger partial charge in [-0.1, -0.05) is 0 Å². The summed E-state index contributed by atoms with van der Waals surface area (Å²) >= 11 is 0. The van der Waals surface area contributed by atoms with Gasteiger partial charge in [0.1, 0.15) is 11.4 Å². The molecule has 0 amide bonds. The highest BCUT2D eigenvalue weighted by molar-refractivity contribution is 5.78. The minimum Gasteiger partial charge on any atom is -0.466 e. The van der Waals surface area contributed by atoms with E-state index in [9.17, 15) is 14.4 Å². The van der Waals surface area contributed by atoms with Gasteiger partial charge in [-0.25, -0.2) is 0 Å². The first-order valence-electron chi connectivity index (χ1n) is 9.40. The van der Waals surface area contributed by atoms with Crippen LogP contribution >= 0.6 is 0 Å². The Kier molecular flexibility index (Phi) is 6.26. The summed E-state index contributed by atoms with van der Waals surface area (Å²) in [5.74, 6) is -0.466. The van der Waals surface area contributed by atoms with Gasteiger partial charge in [-0.05, 0) is 19.8 Å². The third-order valence-corrected chi connectivity index (χ3v) is 5.08. The molecule has 1 aromatic carbocycles. The number of nitrogens with zero attached hydrogens (tertiary/aromatic N) is 2. The first-order valence-corrected chi connectivity index (χ1v) is 9.40. The standard InChI is InChI=1S/C18H27N3O5/c1-2-26-18(24)13-4-3-6-21(12-13)15-14(16(22)17(15)23)19-5-7-20-8-10-25-11-9-20/h13,19H,2-12H2,1H3/t13-/m0/s1. The number of carbonyl (C=O) groups is 1. The highest BCUT2D eigenvalue weighted by Crippen LogP contribution is 2.26. The largest absolute Gasteiger partial charge is 0.466 e. The van der Waals surface area contributed by atoms with Gasteiger partial charge in [-0.3, -0.25) is 19.3 Å². The van der Waals surface area contributed by atoms with E-state index in [1.807, 2.05) is 4.90 Å². The molecule has 26 heavy (non-hydrogen) atoms. The highest BCUT2D eigenvalue weighted by atomic mass is 16.5. The van der Waals surface area contributed by atoms with E-state index in [2.05, 4.69) is 10.2 Å². The van der Waals surface area contributed by atoms with Crippen molar-refractivity contribution in [3.63, 3.8) is 0 Å². The molecule has 2 aliphatic rings. The van der Waals surface area contributed by atoms with Crippen molar-refractivity contribution in [3.05, 3.63) is 20.4 Å². The fraction of sp³-hybridized carbons (Fsp3) is 0.722. The molecule has 0 spiro atoms. The van der Waals surface area contributed by atoms with Crippen molar-refractivity contribution in [1.82, 2.24) is 4.90 Å². The number of piperidine rings is 1. The van der Waals surface area contributed by atoms with E-state index < -0.39 is 10.9 Å². The summed E-state index contributed by atoms with van der Waals surface area (Å²) in [5.41, 5.74) is -0.0811. The van der Waals surface area contributed by atoms with Gasteiger partial charge < -0.3 is 19.7 Å². The molecular formula is C18H27N3O5. The monoisotopic (exact) mass is 365 g/mol. The van der Waals surface area contributed by atoms with Gasteiger partial charge in [0.2, 0.25) is 0 Å². The molecule has 2 heterocycles. The molecule has 0 bridgehead atoms.